The largest absolute Gasteiger partial charge is 0.494 e. The fourth-order valence-electron chi connectivity index (χ4n) is 2.08. The molecule has 0 aliphatic carbocycles. The monoisotopic (exact) mass is 322 g/mol. The smallest absolute Gasteiger partial charge is 0.408 e. The van der Waals surface area contributed by atoms with Crippen molar-refractivity contribution >= 4 is 6.09 Å². The second-order valence-corrected chi connectivity index (χ2v) is 7.16. The number of carbonyl (C=O) groups is 1. The third-order valence-corrected chi connectivity index (χ3v) is 2.99. The Balaban J connectivity index is 2.49. The predicted molar refractivity (Wildman–Crippen MR) is 92.8 cm³/mol. The van der Waals surface area contributed by atoms with E-state index in [0.29, 0.717) is 19.7 Å². The minimum absolute atomic E-state index is 0.404. The number of para-hydroxylation sites is 1. The number of carbonyl (C=O) groups excluding carboxylic acids is 1. The fraction of sp³-hybridized carbons (Fsp3) is 0.611. The van der Waals surface area contributed by atoms with Crippen LogP contribution in [0.15, 0.2) is 24.3 Å². The zero-order valence-corrected chi connectivity index (χ0v) is 15.2. The van der Waals surface area contributed by atoms with Crippen LogP contribution in [0.4, 0.5) is 4.79 Å². The van der Waals surface area contributed by atoms with Crippen LogP contribution in [0.1, 0.15) is 47.1 Å². The lowest BCUT2D eigenvalue weighted by atomic mass is 10.1. The number of alkyl carbamates (subject to hydrolysis) is 1. The van der Waals surface area contributed by atoms with E-state index in [9.17, 15) is 4.79 Å². The fourth-order valence-corrected chi connectivity index (χ4v) is 2.08. The van der Waals surface area contributed by atoms with Gasteiger partial charge in [-0.3, -0.25) is 0 Å². The van der Waals surface area contributed by atoms with Crippen LogP contribution in [0.2, 0.25) is 0 Å². The van der Waals surface area contributed by atoms with Crippen LogP contribution in [0.5, 0.6) is 5.75 Å². The molecule has 5 nitrogen and oxygen atoms in total. The van der Waals surface area contributed by atoms with Gasteiger partial charge in [-0.25, -0.2) is 4.79 Å². The summed E-state index contributed by atoms with van der Waals surface area (Å²) in [5, 5.41) is 6.24. The van der Waals surface area contributed by atoms with Crippen LogP contribution >= 0.6 is 0 Å². The van der Waals surface area contributed by atoms with Crippen molar-refractivity contribution in [1.29, 1.82) is 0 Å². The molecule has 0 atom stereocenters. The topological polar surface area (TPSA) is 59.6 Å². The van der Waals surface area contributed by atoms with Crippen LogP contribution < -0.4 is 15.4 Å². The highest BCUT2D eigenvalue weighted by Crippen LogP contribution is 2.17. The molecule has 5 heteroatoms. The van der Waals surface area contributed by atoms with E-state index in [-0.39, 0.29) is 0 Å². The van der Waals surface area contributed by atoms with Crippen molar-refractivity contribution in [1.82, 2.24) is 10.6 Å². The summed E-state index contributed by atoms with van der Waals surface area (Å²) in [6.45, 7) is 13.4. The molecule has 0 heterocycles. The molecule has 0 aromatic heterocycles. The van der Waals surface area contributed by atoms with Gasteiger partial charge in [0, 0.05) is 18.7 Å². The number of amides is 1. The average Bonchev–Trinajstić information content (AvgIpc) is 2.37. The minimum Gasteiger partial charge on any atom is -0.494 e. The van der Waals surface area contributed by atoms with E-state index in [1.54, 1.807) is 0 Å². The molecule has 0 saturated heterocycles. The second kappa shape index (κ2) is 8.20. The Bertz CT molecular complexity index is 507. The van der Waals surface area contributed by atoms with Crippen LogP contribution in [-0.2, 0) is 11.3 Å². The number of benzene rings is 1. The zero-order chi connectivity index (χ0) is 17.5. The Kier molecular flexibility index (Phi) is 6.88. The highest BCUT2D eigenvalue weighted by molar-refractivity contribution is 5.68. The summed E-state index contributed by atoms with van der Waals surface area (Å²) < 4.78 is 10.9. The molecule has 1 amide bonds. The van der Waals surface area contributed by atoms with Gasteiger partial charge in [0.2, 0.25) is 0 Å². The molecule has 2 N–H and O–H groups in total. The van der Waals surface area contributed by atoms with E-state index in [1.165, 1.54) is 0 Å². The number of hydrogen-bond acceptors (Lipinski definition) is 4. The average molecular weight is 322 g/mol. The van der Waals surface area contributed by atoms with Gasteiger partial charge in [0.15, 0.2) is 0 Å². The number of rotatable bonds is 7. The van der Waals surface area contributed by atoms with E-state index in [2.05, 4.69) is 10.6 Å². The van der Waals surface area contributed by atoms with Gasteiger partial charge >= 0.3 is 6.09 Å². The molecule has 1 rings (SSSR count). The predicted octanol–water partition coefficient (Wildman–Crippen LogP) is 3.48. The van der Waals surface area contributed by atoms with Crippen LogP contribution in [0, 0.1) is 0 Å². The van der Waals surface area contributed by atoms with Gasteiger partial charge in [0.05, 0.1) is 12.1 Å². The lowest BCUT2D eigenvalue weighted by molar-refractivity contribution is 0.0472. The zero-order valence-electron chi connectivity index (χ0n) is 15.2. The standard InChI is InChI=1S/C18H30N2O3/c1-7-22-15-11-9-8-10-14(15)12-19-13-18(5,6)20-16(21)23-17(2,3)4/h8-11,19H,7,12-13H2,1-6H3,(H,20,21). The molecule has 0 bridgehead atoms. The van der Waals surface area contributed by atoms with Gasteiger partial charge in [-0.1, -0.05) is 18.2 Å². The molecule has 0 unspecified atom stereocenters. The Morgan fingerprint density at radius 1 is 1.13 bits per heavy atom. The quantitative estimate of drug-likeness (QED) is 0.807. The first-order valence-corrected chi connectivity index (χ1v) is 8.05. The number of ether oxygens (including phenoxy) is 2. The van der Waals surface area contributed by atoms with Crippen molar-refractivity contribution in [3.05, 3.63) is 29.8 Å². The van der Waals surface area contributed by atoms with Crippen molar-refractivity contribution in [3.63, 3.8) is 0 Å². The van der Waals surface area contributed by atoms with Crippen LogP contribution in [0.3, 0.4) is 0 Å². The summed E-state index contributed by atoms with van der Waals surface area (Å²) in [5.74, 6) is 0.889. The van der Waals surface area contributed by atoms with Gasteiger partial charge in [-0.05, 0) is 47.6 Å². The van der Waals surface area contributed by atoms with Gasteiger partial charge in [0.1, 0.15) is 11.4 Å². The Morgan fingerprint density at radius 3 is 2.39 bits per heavy atom. The lowest BCUT2D eigenvalue weighted by Gasteiger charge is -2.29. The molecule has 0 saturated carbocycles. The van der Waals surface area contributed by atoms with Crippen LogP contribution in [-0.4, -0.2) is 30.4 Å². The normalized spacial score (nSPS) is 11.9. The summed E-state index contributed by atoms with van der Waals surface area (Å²) in [6, 6.07) is 7.95. The molecule has 1 aromatic rings. The summed E-state index contributed by atoms with van der Waals surface area (Å²) in [7, 11) is 0. The van der Waals surface area contributed by atoms with Gasteiger partial charge in [0.25, 0.3) is 0 Å². The van der Waals surface area contributed by atoms with Crippen molar-refractivity contribution < 1.29 is 14.3 Å². The van der Waals surface area contributed by atoms with Crippen molar-refractivity contribution in [2.75, 3.05) is 13.2 Å². The molecular formula is C18H30N2O3. The highest BCUT2D eigenvalue weighted by Gasteiger charge is 2.24. The summed E-state index contributed by atoms with van der Waals surface area (Å²) in [6.07, 6.45) is -0.404. The molecule has 0 fully saturated rings. The number of nitrogens with one attached hydrogen (secondary N) is 2. The van der Waals surface area contributed by atoms with Crippen molar-refractivity contribution in [3.8, 4) is 5.75 Å². The molecule has 0 aliphatic rings. The second-order valence-electron chi connectivity index (χ2n) is 7.16. The highest BCUT2D eigenvalue weighted by atomic mass is 16.6. The Labute approximate surface area is 139 Å². The van der Waals surface area contributed by atoms with Gasteiger partial charge < -0.3 is 20.1 Å². The van der Waals surface area contributed by atoms with E-state index < -0.39 is 17.2 Å². The van der Waals surface area contributed by atoms with E-state index in [1.807, 2.05) is 65.8 Å². The van der Waals surface area contributed by atoms with E-state index >= 15 is 0 Å². The Morgan fingerprint density at radius 2 is 1.78 bits per heavy atom. The third kappa shape index (κ3) is 7.88. The van der Waals surface area contributed by atoms with Crippen molar-refractivity contribution in [2.45, 2.75) is 59.2 Å². The maximum atomic E-state index is 11.9. The maximum Gasteiger partial charge on any atom is 0.408 e. The number of hydrogen-bond donors (Lipinski definition) is 2. The lowest BCUT2D eigenvalue weighted by Crippen LogP contribution is -2.51. The van der Waals surface area contributed by atoms with Gasteiger partial charge in [-0.2, -0.15) is 0 Å². The molecule has 0 aliphatic heterocycles. The van der Waals surface area contributed by atoms with Crippen LogP contribution in [0.25, 0.3) is 0 Å². The van der Waals surface area contributed by atoms with E-state index in [4.69, 9.17) is 9.47 Å². The SMILES string of the molecule is CCOc1ccccc1CNCC(C)(C)NC(=O)OC(C)(C)C. The Hall–Kier alpha value is -1.75. The molecule has 130 valence electrons. The summed E-state index contributed by atoms with van der Waals surface area (Å²) >= 11 is 0. The molecule has 23 heavy (non-hydrogen) atoms. The molecular weight excluding hydrogens is 292 g/mol. The summed E-state index contributed by atoms with van der Waals surface area (Å²) in [5.41, 5.74) is 0.190. The molecule has 0 radical (unpaired) electrons. The first kappa shape index (κ1) is 19.3. The minimum atomic E-state index is -0.496. The maximum absolute atomic E-state index is 11.9. The first-order chi connectivity index (χ1) is 10.6. The first-order valence-electron chi connectivity index (χ1n) is 8.05. The van der Waals surface area contributed by atoms with Gasteiger partial charge in [-0.15, -0.1) is 0 Å². The third-order valence-electron chi connectivity index (χ3n) is 2.99. The molecule has 0 spiro atoms. The van der Waals surface area contributed by atoms with Crippen molar-refractivity contribution in [2.24, 2.45) is 0 Å². The molecule has 1 aromatic carbocycles. The van der Waals surface area contributed by atoms with E-state index in [0.717, 1.165) is 11.3 Å². The summed E-state index contributed by atoms with van der Waals surface area (Å²) in [4.78, 5) is 11.9.